The summed E-state index contributed by atoms with van der Waals surface area (Å²) in [7, 11) is 1.98. The summed E-state index contributed by atoms with van der Waals surface area (Å²) in [5.74, 6) is 0.679. The highest BCUT2D eigenvalue weighted by atomic mass is 35.5. The van der Waals surface area contributed by atoms with Gasteiger partial charge in [0, 0.05) is 11.9 Å². The van der Waals surface area contributed by atoms with E-state index in [4.69, 9.17) is 11.6 Å². The van der Waals surface area contributed by atoms with Crippen LogP contribution < -0.4 is 5.32 Å². The summed E-state index contributed by atoms with van der Waals surface area (Å²) in [5, 5.41) is 5.87. The largest absolute Gasteiger partial charge is 0.313 e. The first kappa shape index (κ1) is 11.4. The van der Waals surface area contributed by atoms with E-state index in [1.165, 1.54) is 16.3 Å². The van der Waals surface area contributed by atoms with Crippen molar-refractivity contribution in [1.82, 2.24) is 5.32 Å². The van der Waals surface area contributed by atoms with Crippen molar-refractivity contribution >= 4 is 22.4 Å². The molecule has 0 aromatic heterocycles. The molecule has 1 nitrogen and oxygen atoms in total. The summed E-state index contributed by atoms with van der Waals surface area (Å²) >= 11 is 5.80. The Morgan fingerprint density at radius 2 is 1.88 bits per heavy atom. The second kappa shape index (κ2) is 5.33. The van der Waals surface area contributed by atoms with Crippen molar-refractivity contribution in [1.29, 1.82) is 0 Å². The minimum Gasteiger partial charge on any atom is -0.313 e. The summed E-state index contributed by atoms with van der Waals surface area (Å²) in [6, 6.07) is 15.4. The van der Waals surface area contributed by atoms with Gasteiger partial charge in [0.1, 0.15) is 0 Å². The molecule has 2 aromatic rings. The van der Waals surface area contributed by atoms with Gasteiger partial charge in [0.05, 0.1) is 0 Å². The van der Waals surface area contributed by atoms with E-state index in [1.54, 1.807) is 0 Å². The zero-order valence-corrected chi connectivity index (χ0v) is 10.2. The van der Waals surface area contributed by atoms with Crippen molar-refractivity contribution < 1.29 is 0 Å². The monoisotopic (exact) mass is 233 g/mol. The number of fused-ring (bicyclic) bond motifs is 1. The summed E-state index contributed by atoms with van der Waals surface area (Å²) < 4.78 is 0. The maximum atomic E-state index is 5.80. The third-order valence-corrected chi connectivity index (χ3v) is 3.14. The summed E-state index contributed by atoms with van der Waals surface area (Å²) in [4.78, 5) is 0. The maximum absolute atomic E-state index is 5.80. The molecule has 0 aliphatic heterocycles. The fraction of sp³-hybridized carbons (Fsp3) is 0.286. The molecule has 0 spiro atoms. The Hall–Kier alpha value is -1.05. The lowest BCUT2D eigenvalue weighted by Crippen LogP contribution is -2.16. The molecule has 1 atom stereocenters. The molecule has 0 aliphatic carbocycles. The van der Waals surface area contributed by atoms with E-state index in [2.05, 4.69) is 47.8 Å². The van der Waals surface area contributed by atoms with E-state index < -0.39 is 0 Å². The second-order valence-electron chi connectivity index (χ2n) is 3.93. The lowest BCUT2D eigenvalue weighted by Gasteiger charge is -2.15. The number of benzene rings is 2. The Kier molecular flexibility index (Phi) is 3.81. The molecule has 1 unspecified atom stereocenters. The average Bonchev–Trinajstić information content (AvgIpc) is 2.35. The van der Waals surface area contributed by atoms with Crippen molar-refractivity contribution in [3.8, 4) is 0 Å². The van der Waals surface area contributed by atoms with E-state index in [-0.39, 0.29) is 0 Å². The average molecular weight is 234 g/mol. The first-order valence-corrected chi connectivity index (χ1v) is 6.10. The van der Waals surface area contributed by atoms with Crippen molar-refractivity contribution in [2.45, 2.75) is 12.5 Å². The molecule has 84 valence electrons. The van der Waals surface area contributed by atoms with Crippen LogP contribution in [0, 0.1) is 0 Å². The lowest BCUT2D eigenvalue weighted by atomic mass is 10.0. The Labute approximate surface area is 101 Å². The van der Waals surface area contributed by atoms with Gasteiger partial charge < -0.3 is 5.32 Å². The highest BCUT2D eigenvalue weighted by molar-refractivity contribution is 6.17. The number of nitrogens with one attached hydrogen (secondary N) is 1. The molecule has 0 aliphatic rings. The quantitative estimate of drug-likeness (QED) is 0.794. The van der Waals surface area contributed by atoms with Crippen LogP contribution in [0.15, 0.2) is 42.5 Å². The van der Waals surface area contributed by atoms with Crippen LogP contribution in [-0.4, -0.2) is 12.9 Å². The predicted octanol–water partition coefficient (Wildman–Crippen LogP) is 3.73. The van der Waals surface area contributed by atoms with Gasteiger partial charge in [-0.15, -0.1) is 11.6 Å². The molecular weight excluding hydrogens is 218 g/mol. The van der Waals surface area contributed by atoms with Crippen LogP contribution in [0.25, 0.3) is 10.8 Å². The summed E-state index contributed by atoms with van der Waals surface area (Å²) in [6.07, 6.45) is 0.955. The molecule has 1 N–H and O–H groups in total. The summed E-state index contributed by atoms with van der Waals surface area (Å²) in [6.45, 7) is 0. The summed E-state index contributed by atoms with van der Waals surface area (Å²) in [5.41, 5.74) is 1.31. The first-order chi connectivity index (χ1) is 7.85. The van der Waals surface area contributed by atoms with Crippen molar-refractivity contribution in [3.05, 3.63) is 48.0 Å². The lowest BCUT2D eigenvalue weighted by molar-refractivity contribution is 0.580. The van der Waals surface area contributed by atoms with Gasteiger partial charge in [-0.05, 0) is 35.9 Å². The number of halogens is 1. The Morgan fingerprint density at radius 1 is 1.12 bits per heavy atom. The van der Waals surface area contributed by atoms with Gasteiger partial charge in [-0.3, -0.25) is 0 Å². The van der Waals surface area contributed by atoms with Crippen LogP contribution in [0.3, 0.4) is 0 Å². The minimum atomic E-state index is 0.349. The Morgan fingerprint density at radius 3 is 2.56 bits per heavy atom. The Balaban J connectivity index is 2.37. The standard InChI is InChI=1S/C14H16ClN/c1-16-14(8-9-15)13-7-6-11-4-2-3-5-12(11)10-13/h2-7,10,14,16H,8-9H2,1H3. The molecule has 0 radical (unpaired) electrons. The molecule has 2 aromatic carbocycles. The van der Waals surface area contributed by atoms with Gasteiger partial charge in [-0.2, -0.15) is 0 Å². The van der Waals surface area contributed by atoms with Crippen molar-refractivity contribution in [3.63, 3.8) is 0 Å². The van der Waals surface area contributed by atoms with Crippen molar-refractivity contribution in [2.75, 3.05) is 12.9 Å². The number of alkyl halides is 1. The number of hydrogen-bond donors (Lipinski definition) is 1. The smallest absolute Gasteiger partial charge is 0.0329 e. The van der Waals surface area contributed by atoms with E-state index in [9.17, 15) is 0 Å². The number of hydrogen-bond acceptors (Lipinski definition) is 1. The van der Waals surface area contributed by atoms with Gasteiger partial charge in [0.25, 0.3) is 0 Å². The van der Waals surface area contributed by atoms with Crippen LogP contribution in [0.2, 0.25) is 0 Å². The van der Waals surface area contributed by atoms with Gasteiger partial charge in [-0.25, -0.2) is 0 Å². The predicted molar refractivity (Wildman–Crippen MR) is 71.1 cm³/mol. The minimum absolute atomic E-state index is 0.349. The van der Waals surface area contributed by atoms with E-state index in [0.29, 0.717) is 11.9 Å². The van der Waals surface area contributed by atoms with Crippen LogP contribution >= 0.6 is 11.6 Å². The molecule has 2 heteroatoms. The highest BCUT2D eigenvalue weighted by Gasteiger charge is 2.08. The normalized spacial score (nSPS) is 12.9. The fourth-order valence-electron chi connectivity index (χ4n) is 2.01. The van der Waals surface area contributed by atoms with E-state index >= 15 is 0 Å². The van der Waals surface area contributed by atoms with Gasteiger partial charge in [0.15, 0.2) is 0 Å². The van der Waals surface area contributed by atoms with Crippen molar-refractivity contribution in [2.24, 2.45) is 0 Å². The molecule has 16 heavy (non-hydrogen) atoms. The third kappa shape index (κ3) is 2.37. The second-order valence-corrected chi connectivity index (χ2v) is 4.30. The SMILES string of the molecule is CNC(CCCl)c1ccc2ccccc2c1. The van der Waals surface area contributed by atoms with Gasteiger partial charge >= 0.3 is 0 Å². The molecule has 0 saturated carbocycles. The third-order valence-electron chi connectivity index (χ3n) is 2.92. The van der Waals surface area contributed by atoms with Gasteiger partial charge in [-0.1, -0.05) is 36.4 Å². The topological polar surface area (TPSA) is 12.0 Å². The molecule has 0 heterocycles. The van der Waals surface area contributed by atoms with E-state index in [0.717, 1.165) is 6.42 Å². The van der Waals surface area contributed by atoms with E-state index in [1.807, 2.05) is 7.05 Å². The maximum Gasteiger partial charge on any atom is 0.0329 e. The number of rotatable bonds is 4. The van der Waals surface area contributed by atoms with Crippen LogP contribution in [0.4, 0.5) is 0 Å². The molecule has 0 saturated heterocycles. The zero-order chi connectivity index (χ0) is 11.4. The Bertz CT molecular complexity index is 467. The zero-order valence-electron chi connectivity index (χ0n) is 9.41. The van der Waals surface area contributed by atoms with Crippen LogP contribution in [0.5, 0.6) is 0 Å². The molecule has 0 amide bonds. The van der Waals surface area contributed by atoms with Gasteiger partial charge in [0.2, 0.25) is 0 Å². The van der Waals surface area contributed by atoms with Crippen LogP contribution in [-0.2, 0) is 0 Å². The fourth-order valence-corrected chi connectivity index (χ4v) is 2.23. The molecule has 0 fully saturated rings. The molecule has 0 bridgehead atoms. The first-order valence-electron chi connectivity index (χ1n) is 5.57. The van der Waals surface area contributed by atoms with Crippen LogP contribution in [0.1, 0.15) is 18.0 Å². The molecular formula is C14H16ClN. The highest BCUT2D eigenvalue weighted by Crippen LogP contribution is 2.22. The molecule has 2 rings (SSSR count).